The number of aryl methyl sites for hydroxylation is 2. The Morgan fingerprint density at radius 1 is 1.11 bits per heavy atom. The fraction of sp³-hybridized carbons (Fsp3) is 0.250. The number of carbonyl (C=O) groups is 3. The van der Waals surface area contributed by atoms with Crippen LogP contribution in [-0.2, 0) is 9.53 Å². The van der Waals surface area contributed by atoms with Crippen molar-refractivity contribution >= 4 is 29.4 Å². The zero-order valence-electron chi connectivity index (χ0n) is 15.1. The van der Waals surface area contributed by atoms with E-state index in [1.54, 1.807) is 30.3 Å². The van der Waals surface area contributed by atoms with Gasteiger partial charge in [-0.3, -0.25) is 9.59 Å². The van der Waals surface area contributed by atoms with Crippen LogP contribution in [0.2, 0.25) is 5.02 Å². The van der Waals surface area contributed by atoms with Crippen molar-refractivity contribution < 1.29 is 19.1 Å². The Kier molecular flexibility index (Phi) is 6.96. The van der Waals surface area contributed by atoms with Gasteiger partial charge in [-0.05, 0) is 37.1 Å². The van der Waals surface area contributed by atoms with Gasteiger partial charge in [0.1, 0.15) is 0 Å². The van der Waals surface area contributed by atoms with E-state index in [4.69, 9.17) is 22.1 Å². The SMILES string of the molecule is Cc1ccc(C(=O)COC(=O)C[C@@H](NC(N)=O)c2ccc(Cl)cc2)c(C)c1. The highest BCUT2D eigenvalue weighted by atomic mass is 35.5. The number of amides is 2. The van der Waals surface area contributed by atoms with Crippen LogP contribution in [0.1, 0.15) is 39.5 Å². The van der Waals surface area contributed by atoms with Crippen molar-refractivity contribution in [3.63, 3.8) is 0 Å². The van der Waals surface area contributed by atoms with E-state index in [0.29, 0.717) is 16.1 Å². The first-order chi connectivity index (χ1) is 12.8. The van der Waals surface area contributed by atoms with E-state index in [1.807, 2.05) is 26.0 Å². The molecule has 2 amide bonds. The quantitative estimate of drug-likeness (QED) is 0.560. The van der Waals surface area contributed by atoms with Crippen LogP contribution in [0.15, 0.2) is 42.5 Å². The largest absolute Gasteiger partial charge is 0.457 e. The lowest BCUT2D eigenvalue weighted by molar-refractivity contribution is -0.143. The molecule has 0 spiro atoms. The number of halogens is 1. The predicted octanol–water partition coefficient (Wildman–Crippen LogP) is 3.48. The second-order valence-corrected chi connectivity index (χ2v) is 6.66. The van der Waals surface area contributed by atoms with Gasteiger partial charge in [-0.1, -0.05) is 47.5 Å². The van der Waals surface area contributed by atoms with Crippen LogP contribution in [0.3, 0.4) is 0 Å². The van der Waals surface area contributed by atoms with Gasteiger partial charge >= 0.3 is 12.0 Å². The normalized spacial score (nSPS) is 11.5. The van der Waals surface area contributed by atoms with Crippen LogP contribution in [-0.4, -0.2) is 24.4 Å². The predicted molar refractivity (Wildman–Crippen MR) is 103 cm³/mol. The van der Waals surface area contributed by atoms with Gasteiger partial charge in [-0.2, -0.15) is 0 Å². The van der Waals surface area contributed by atoms with Crippen molar-refractivity contribution in [2.75, 3.05) is 6.61 Å². The number of nitrogens with one attached hydrogen (secondary N) is 1. The first kappa shape index (κ1) is 20.5. The van der Waals surface area contributed by atoms with E-state index < -0.39 is 18.0 Å². The maximum atomic E-state index is 12.3. The average molecular weight is 389 g/mol. The van der Waals surface area contributed by atoms with E-state index in [9.17, 15) is 14.4 Å². The number of Topliss-reactive ketones (excluding diaryl/α,β-unsaturated/α-hetero) is 1. The van der Waals surface area contributed by atoms with Crippen molar-refractivity contribution in [3.8, 4) is 0 Å². The summed E-state index contributed by atoms with van der Waals surface area (Å²) < 4.78 is 5.09. The summed E-state index contributed by atoms with van der Waals surface area (Å²) in [6.07, 6.45) is -0.162. The van der Waals surface area contributed by atoms with Crippen molar-refractivity contribution in [3.05, 3.63) is 69.7 Å². The molecule has 0 unspecified atom stereocenters. The smallest absolute Gasteiger partial charge is 0.312 e. The summed E-state index contributed by atoms with van der Waals surface area (Å²) in [5.41, 5.74) is 8.21. The molecule has 2 rings (SSSR count). The molecule has 0 fully saturated rings. The molecule has 6 nitrogen and oxygen atoms in total. The molecule has 0 saturated carbocycles. The van der Waals surface area contributed by atoms with Crippen LogP contribution >= 0.6 is 11.6 Å². The number of hydrogen-bond acceptors (Lipinski definition) is 4. The highest BCUT2D eigenvalue weighted by Crippen LogP contribution is 2.20. The van der Waals surface area contributed by atoms with Crippen LogP contribution in [0.25, 0.3) is 0 Å². The second-order valence-electron chi connectivity index (χ2n) is 6.22. The molecule has 7 heteroatoms. The summed E-state index contributed by atoms with van der Waals surface area (Å²) in [6.45, 7) is 3.39. The number of carbonyl (C=O) groups excluding carboxylic acids is 3. The molecule has 2 aromatic carbocycles. The van der Waals surface area contributed by atoms with Gasteiger partial charge < -0.3 is 15.8 Å². The van der Waals surface area contributed by atoms with Crippen molar-refractivity contribution in [2.45, 2.75) is 26.3 Å². The lowest BCUT2D eigenvalue weighted by Crippen LogP contribution is -2.34. The van der Waals surface area contributed by atoms with E-state index >= 15 is 0 Å². The third kappa shape index (κ3) is 6.11. The molecule has 142 valence electrons. The number of rotatable bonds is 7. The lowest BCUT2D eigenvalue weighted by Gasteiger charge is -2.17. The van der Waals surface area contributed by atoms with Crippen molar-refractivity contribution in [1.82, 2.24) is 5.32 Å². The van der Waals surface area contributed by atoms with Crippen LogP contribution < -0.4 is 11.1 Å². The molecule has 2 aromatic rings. The monoisotopic (exact) mass is 388 g/mol. The molecular formula is C20H21ClN2O4. The number of benzene rings is 2. The van der Waals surface area contributed by atoms with Crippen LogP contribution in [0.4, 0.5) is 4.79 Å². The Hall–Kier alpha value is -2.86. The Bertz CT molecular complexity index is 850. The van der Waals surface area contributed by atoms with Gasteiger partial charge in [0.25, 0.3) is 0 Å². The summed E-state index contributed by atoms with van der Waals surface area (Å²) in [5.74, 6) is -0.909. The molecule has 0 heterocycles. The summed E-state index contributed by atoms with van der Waals surface area (Å²) in [6, 6.07) is 10.6. The average Bonchev–Trinajstić information content (AvgIpc) is 2.59. The number of primary amides is 1. The van der Waals surface area contributed by atoms with Crippen molar-refractivity contribution in [2.24, 2.45) is 5.73 Å². The minimum Gasteiger partial charge on any atom is -0.457 e. The summed E-state index contributed by atoms with van der Waals surface area (Å²) in [7, 11) is 0. The molecule has 0 aliphatic heterocycles. The number of hydrogen-bond donors (Lipinski definition) is 2. The first-order valence-corrected chi connectivity index (χ1v) is 8.71. The maximum Gasteiger partial charge on any atom is 0.312 e. The topological polar surface area (TPSA) is 98.5 Å². The summed E-state index contributed by atoms with van der Waals surface area (Å²) in [4.78, 5) is 35.7. The third-order valence-electron chi connectivity index (χ3n) is 4.01. The molecular weight excluding hydrogens is 368 g/mol. The fourth-order valence-electron chi connectivity index (χ4n) is 2.69. The minimum atomic E-state index is -0.769. The summed E-state index contributed by atoms with van der Waals surface area (Å²) >= 11 is 5.85. The van der Waals surface area contributed by atoms with Gasteiger partial charge in [0, 0.05) is 10.6 Å². The van der Waals surface area contributed by atoms with Gasteiger partial charge in [0.05, 0.1) is 12.5 Å². The molecule has 0 aliphatic rings. The van der Waals surface area contributed by atoms with Gasteiger partial charge in [-0.25, -0.2) is 4.79 Å². The molecule has 0 aromatic heterocycles. The number of nitrogens with two attached hydrogens (primary N) is 1. The van der Waals surface area contributed by atoms with E-state index in [1.165, 1.54) is 0 Å². The maximum absolute atomic E-state index is 12.3. The molecule has 0 bridgehead atoms. The van der Waals surface area contributed by atoms with Crippen molar-refractivity contribution in [1.29, 1.82) is 0 Å². The summed E-state index contributed by atoms with van der Waals surface area (Å²) in [5, 5.41) is 3.02. The fourth-order valence-corrected chi connectivity index (χ4v) is 2.82. The highest BCUT2D eigenvalue weighted by molar-refractivity contribution is 6.30. The molecule has 0 radical (unpaired) electrons. The van der Waals surface area contributed by atoms with Gasteiger partial charge in [0.15, 0.2) is 6.61 Å². The Labute approximate surface area is 162 Å². The lowest BCUT2D eigenvalue weighted by atomic mass is 10.0. The number of urea groups is 1. The number of esters is 1. The van der Waals surface area contributed by atoms with Gasteiger partial charge in [-0.15, -0.1) is 0 Å². The third-order valence-corrected chi connectivity index (χ3v) is 4.26. The Morgan fingerprint density at radius 3 is 2.37 bits per heavy atom. The molecule has 0 saturated heterocycles. The molecule has 0 aliphatic carbocycles. The van der Waals surface area contributed by atoms with Crippen LogP contribution in [0, 0.1) is 13.8 Å². The number of ketones is 1. The minimum absolute atomic E-state index is 0.162. The zero-order chi connectivity index (χ0) is 20.0. The van der Waals surface area contributed by atoms with E-state index in [2.05, 4.69) is 5.32 Å². The Balaban J connectivity index is 1.99. The van der Waals surface area contributed by atoms with Crippen LogP contribution in [0.5, 0.6) is 0 Å². The highest BCUT2D eigenvalue weighted by Gasteiger charge is 2.20. The second kappa shape index (κ2) is 9.19. The van der Waals surface area contributed by atoms with E-state index in [0.717, 1.165) is 11.1 Å². The Morgan fingerprint density at radius 2 is 1.78 bits per heavy atom. The molecule has 3 N–H and O–H groups in total. The van der Waals surface area contributed by atoms with E-state index in [-0.39, 0.29) is 18.8 Å². The first-order valence-electron chi connectivity index (χ1n) is 8.33. The molecule has 27 heavy (non-hydrogen) atoms. The zero-order valence-corrected chi connectivity index (χ0v) is 15.9. The number of ether oxygens (including phenoxy) is 1. The molecule has 1 atom stereocenters. The van der Waals surface area contributed by atoms with Gasteiger partial charge in [0.2, 0.25) is 5.78 Å². The standard InChI is InChI=1S/C20H21ClN2O4/c1-12-3-8-16(13(2)9-12)18(24)11-27-19(25)10-17(23-20(22)26)14-4-6-15(21)7-5-14/h3-9,17H,10-11H2,1-2H3,(H3,22,23,26)/t17-/m1/s1.